The van der Waals surface area contributed by atoms with Crippen molar-refractivity contribution in [2.45, 2.75) is 26.3 Å². The Morgan fingerprint density at radius 2 is 2.05 bits per heavy atom. The van der Waals surface area contributed by atoms with Crippen molar-refractivity contribution in [3.8, 4) is 0 Å². The third-order valence-electron chi connectivity index (χ3n) is 2.93. The number of nitrogens with one attached hydrogen (secondary N) is 1. The number of hydrogen-bond donors (Lipinski definition) is 3. The van der Waals surface area contributed by atoms with Gasteiger partial charge in [0.25, 0.3) is 0 Å². The van der Waals surface area contributed by atoms with Gasteiger partial charge in [0.05, 0.1) is 12.0 Å². The Labute approximate surface area is 111 Å². The number of benzene rings is 1. The van der Waals surface area contributed by atoms with Gasteiger partial charge in [-0.25, -0.2) is 4.39 Å². The monoisotopic (exact) mass is 267 g/mol. The van der Waals surface area contributed by atoms with Crippen LogP contribution in [0.3, 0.4) is 0 Å². The van der Waals surface area contributed by atoms with Gasteiger partial charge in [-0.1, -0.05) is 24.2 Å². The van der Waals surface area contributed by atoms with Crippen LogP contribution in [-0.4, -0.2) is 17.0 Å². The molecular weight excluding hydrogens is 249 g/mol. The third-order valence-corrected chi connectivity index (χ3v) is 2.93. The lowest BCUT2D eigenvalue weighted by atomic mass is 10.0. The molecule has 1 amide bonds. The molecule has 0 saturated carbocycles. The van der Waals surface area contributed by atoms with Crippen LogP contribution in [0.15, 0.2) is 29.4 Å². The molecule has 0 radical (unpaired) electrons. The standard InChI is InChI=1S/C13H18FN3O2/c1-3-11(12(15)17-19)13(18)16-8(2)9-4-6-10(14)7-5-9/h4-8,11,19H,3H2,1-2H3,(H2,15,17)(H,16,18). The summed E-state index contributed by atoms with van der Waals surface area (Å²) in [5.41, 5.74) is 6.23. The van der Waals surface area contributed by atoms with Crippen LogP contribution in [0.2, 0.25) is 0 Å². The van der Waals surface area contributed by atoms with Crippen molar-refractivity contribution in [1.29, 1.82) is 0 Å². The fourth-order valence-electron chi connectivity index (χ4n) is 1.75. The minimum atomic E-state index is -0.673. The fraction of sp³-hybridized carbons (Fsp3) is 0.385. The number of amides is 1. The topological polar surface area (TPSA) is 87.7 Å². The maximum atomic E-state index is 12.8. The predicted octanol–water partition coefficient (Wildman–Crippen LogP) is 1.78. The zero-order valence-electron chi connectivity index (χ0n) is 10.9. The van der Waals surface area contributed by atoms with Gasteiger partial charge in [0.15, 0.2) is 5.84 Å². The van der Waals surface area contributed by atoms with Crippen LogP contribution >= 0.6 is 0 Å². The van der Waals surface area contributed by atoms with E-state index >= 15 is 0 Å². The molecule has 19 heavy (non-hydrogen) atoms. The Hall–Kier alpha value is -2.11. The quantitative estimate of drug-likeness (QED) is 0.329. The predicted molar refractivity (Wildman–Crippen MR) is 70.1 cm³/mol. The molecular formula is C13H18FN3O2. The number of halogens is 1. The van der Waals surface area contributed by atoms with Crippen molar-refractivity contribution in [1.82, 2.24) is 5.32 Å². The van der Waals surface area contributed by atoms with Gasteiger partial charge in [0.1, 0.15) is 5.82 Å². The van der Waals surface area contributed by atoms with Gasteiger partial charge in [0.2, 0.25) is 5.91 Å². The average molecular weight is 267 g/mol. The molecule has 6 heteroatoms. The molecule has 0 aliphatic carbocycles. The van der Waals surface area contributed by atoms with Crippen LogP contribution < -0.4 is 11.1 Å². The minimum absolute atomic E-state index is 0.119. The summed E-state index contributed by atoms with van der Waals surface area (Å²) < 4.78 is 12.8. The van der Waals surface area contributed by atoms with Crippen LogP contribution in [0.25, 0.3) is 0 Å². The van der Waals surface area contributed by atoms with Gasteiger partial charge in [0, 0.05) is 0 Å². The SMILES string of the molecule is CCC(C(=O)NC(C)c1ccc(F)cc1)C(N)=NO. The fourth-order valence-corrected chi connectivity index (χ4v) is 1.75. The van der Waals surface area contributed by atoms with Gasteiger partial charge in [-0.05, 0) is 31.0 Å². The van der Waals surface area contributed by atoms with E-state index in [4.69, 9.17) is 10.9 Å². The number of oxime groups is 1. The third kappa shape index (κ3) is 3.94. The van der Waals surface area contributed by atoms with Crippen LogP contribution in [0.4, 0.5) is 4.39 Å². The first-order valence-electron chi connectivity index (χ1n) is 6.02. The molecule has 2 unspecified atom stereocenters. The molecule has 0 fully saturated rings. The lowest BCUT2D eigenvalue weighted by Gasteiger charge is -2.18. The highest BCUT2D eigenvalue weighted by Crippen LogP contribution is 2.14. The van der Waals surface area contributed by atoms with Gasteiger partial charge in [-0.3, -0.25) is 4.79 Å². The molecule has 0 bridgehead atoms. The summed E-state index contributed by atoms with van der Waals surface area (Å²) >= 11 is 0. The second-order valence-electron chi connectivity index (χ2n) is 4.27. The van der Waals surface area contributed by atoms with E-state index in [2.05, 4.69) is 10.5 Å². The summed E-state index contributed by atoms with van der Waals surface area (Å²) in [7, 11) is 0. The number of nitrogens with two attached hydrogens (primary N) is 1. The Morgan fingerprint density at radius 1 is 1.47 bits per heavy atom. The molecule has 5 nitrogen and oxygen atoms in total. The summed E-state index contributed by atoms with van der Waals surface area (Å²) in [5, 5.41) is 14.2. The molecule has 4 N–H and O–H groups in total. The van der Waals surface area contributed by atoms with E-state index in [0.717, 1.165) is 5.56 Å². The molecule has 0 saturated heterocycles. The Bertz CT molecular complexity index is 459. The number of amidine groups is 1. The highest BCUT2D eigenvalue weighted by Gasteiger charge is 2.22. The molecule has 1 rings (SSSR count). The highest BCUT2D eigenvalue weighted by atomic mass is 19.1. The molecule has 0 aromatic heterocycles. The smallest absolute Gasteiger partial charge is 0.231 e. The first kappa shape index (κ1) is 14.9. The van der Waals surface area contributed by atoms with Crippen LogP contribution in [-0.2, 0) is 4.79 Å². The molecule has 0 spiro atoms. The van der Waals surface area contributed by atoms with Crippen molar-refractivity contribution < 1.29 is 14.4 Å². The molecule has 0 heterocycles. The van der Waals surface area contributed by atoms with Gasteiger partial charge < -0.3 is 16.3 Å². The number of rotatable bonds is 5. The average Bonchev–Trinajstić information content (AvgIpc) is 2.39. The van der Waals surface area contributed by atoms with Gasteiger partial charge in [-0.2, -0.15) is 0 Å². The highest BCUT2D eigenvalue weighted by molar-refractivity contribution is 6.02. The van der Waals surface area contributed by atoms with E-state index < -0.39 is 5.92 Å². The lowest BCUT2D eigenvalue weighted by molar-refractivity contribution is -0.123. The number of carbonyl (C=O) groups excluding carboxylic acids is 1. The van der Waals surface area contributed by atoms with Gasteiger partial charge in [-0.15, -0.1) is 0 Å². The van der Waals surface area contributed by atoms with Crippen LogP contribution in [0, 0.1) is 11.7 Å². The summed E-state index contributed by atoms with van der Waals surface area (Å²) in [4.78, 5) is 12.0. The molecule has 0 aliphatic rings. The lowest BCUT2D eigenvalue weighted by Crippen LogP contribution is -2.39. The van der Waals surface area contributed by atoms with E-state index in [0.29, 0.717) is 6.42 Å². The van der Waals surface area contributed by atoms with Crippen molar-refractivity contribution in [2.24, 2.45) is 16.8 Å². The Morgan fingerprint density at radius 3 is 2.53 bits per heavy atom. The summed E-state index contributed by atoms with van der Waals surface area (Å²) in [6, 6.07) is 5.58. The van der Waals surface area contributed by atoms with E-state index in [1.165, 1.54) is 12.1 Å². The van der Waals surface area contributed by atoms with Crippen molar-refractivity contribution in [2.75, 3.05) is 0 Å². The zero-order valence-corrected chi connectivity index (χ0v) is 10.9. The normalized spacial score (nSPS) is 14.8. The van der Waals surface area contributed by atoms with E-state index in [1.807, 2.05) is 0 Å². The first-order valence-corrected chi connectivity index (χ1v) is 6.02. The van der Waals surface area contributed by atoms with Crippen molar-refractivity contribution >= 4 is 11.7 Å². The zero-order chi connectivity index (χ0) is 14.4. The Balaban J connectivity index is 2.73. The molecule has 2 atom stereocenters. The van der Waals surface area contributed by atoms with E-state index in [9.17, 15) is 9.18 Å². The largest absolute Gasteiger partial charge is 0.409 e. The van der Waals surface area contributed by atoms with Crippen LogP contribution in [0.5, 0.6) is 0 Å². The second kappa shape index (κ2) is 6.72. The van der Waals surface area contributed by atoms with Crippen molar-refractivity contribution in [3.05, 3.63) is 35.6 Å². The minimum Gasteiger partial charge on any atom is -0.409 e. The second-order valence-corrected chi connectivity index (χ2v) is 4.27. The van der Waals surface area contributed by atoms with Crippen LogP contribution in [0.1, 0.15) is 31.9 Å². The molecule has 1 aromatic carbocycles. The maximum absolute atomic E-state index is 12.8. The van der Waals surface area contributed by atoms with E-state index in [-0.39, 0.29) is 23.6 Å². The number of hydrogen-bond acceptors (Lipinski definition) is 3. The summed E-state index contributed by atoms with van der Waals surface area (Å²) in [6.45, 7) is 3.55. The molecule has 0 aliphatic heterocycles. The number of carbonyl (C=O) groups is 1. The molecule has 1 aromatic rings. The summed E-state index contributed by atoms with van der Waals surface area (Å²) in [6.07, 6.45) is 0.428. The first-order chi connectivity index (χ1) is 8.99. The summed E-state index contributed by atoms with van der Waals surface area (Å²) in [5.74, 6) is -1.45. The van der Waals surface area contributed by atoms with Gasteiger partial charge >= 0.3 is 0 Å². The number of nitrogens with zero attached hydrogens (tertiary/aromatic N) is 1. The molecule has 104 valence electrons. The maximum Gasteiger partial charge on any atom is 0.231 e. The van der Waals surface area contributed by atoms with E-state index in [1.54, 1.807) is 26.0 Å². The van der Waals surface area contributed by atoms with Crippen molar-refractivity contribution in [3.63, 3.8) is 0 Å². The Kier molecular flexibility index (Phi) is 5.29.